The third kappa shape index (κ3) is 4.17. The number of anilines is 1. The normalized spacial score (nSPS) is 13.9. The number of hydrogen-bond acceptors (Lipinski definition) is 6. The van der Waals surface area contributed by atoms with Gasteiger partial charge in [-0.05, 0) is 42.0 Å². The SMILES string of the molecule is O=C(c1cccc(Cn2c(=O)[nH]c(=O)c3ccc(F)cc32)c1)N1CCN(c2ncccn2)CC1. The fourth-order valence-corrected chi connectivity index (χ4v) is 4.15. The van der Waals surface area contributed by atoms with Gasteiger partial charge in [-0.1, -0.05) is 12.1 Å². The van der Waals surface area contributed by atoms with Gasteiger partial charge in [0.25, 0.3) is 11.5 Å². The monoisotopic (exact) mass is 460 g/mol. The van der Waals surface area contributed by atoms with E-state index in [2.05, 4.69) is 15.0 Å². The highest BCUT2D eigenvalue weighted by Gasteiger charge is 2.23. The molecule has 1 fully saturated rings. The molecule has 1 N–H and O–H groups in total. The third-order valence-corrected chi connectivity index (χ3v) is 5.88. The van der Waals surface area contributed by atoms with Crippen molar-refractivity contribution in [3.05, 3.63) is 98.7 Å². The second-order valence-corrected chi connectivity index (χ2v) is 8.04. The maximum absolute atomic E-state index is 13.8. The van der Waals surface area contributed by atoms with Crippen LogP contribution in [0.25, 0.3) is 10.9 Å². The van der Waals surface area contributed by atoms with Crippen molar-refractivity contribution in [1.82, 2.24) is 24.4 Å². The summed E-state index contributed by atoms with van der Waals surface area (Å²) in [6.07, 6.45) is 3.38. The van der Waals surface area contributed by atoms with Gasteiger partial charge in [-0.2, -0.15) is 0 Å². The number of rotatable bonds is 4. The summed E-state index contributed by atoms with van der Waals surface area (Å²) in [6, 6.07) is 12.4. The van der Waals surface area contributed by atoms with Gasteiger partial charge < -0.3 is 9.80 Å². The van der Waals surface area contributed by atoms with E-state index in [1.807, 2.05) is 4.90 Å². The van der Waals surface area contributed by atoms with Crippen molar-refractivity contribution in [3.63, 3.8) is 0 Å². The first kappa shape index (κ1) is 21.5. The molecule has 0 saturated carbocycles. The Kier molecular flexibility index (Phi) is 5.62. The lowest BCUT2D eigenvalue weighted by Gasteiger charge is -2.34. The molecule has 172 valence electrons. The summed E-state index contributed by atoms with van der Waals surface area (Å²) in [5.41, 5.74) is 0.167. The van der Waals surface area contributed by atoms with Crippen LogP contribution in [0.4, 0.5) is 10.3 Å². The zero-order valence-electron chi connectivity index (χ0n) is 18.1. The quantitative estimate of drug-likeness (QED) is 0.497. The van der Waals surface area contributed by atoms with E-state index in [0.717, 1.165) is 6.07 Å². The molecule has 2 aromatic heterocycles. The molecule has 3 heterocycles. The smallest absolute Gasteiger partial charge is 0.329 e. The first-order chi connectivity index (χ1) is 16.5. The van der Waals surface area contributed by atoms with Gasteiger partial charge >= 0.3 is 5.69 Å². The fourth-order valence-electron chi connectivity index (χ4n) is 4.15. The van der Waals surface area contributed by atoms with E-state index in [4.69, 9.17) is 0 Å². The fraction of sp³-hybridized carbons (Fsp3) is 0.208. The Morgan fingerprint density at radius 2 is 1.74 bits per heavy atom. The summed E-state index contributed by atoms with van der Waals surface area (Å²) in [5.74, 6) is -0.0120. The van der Waals surface area contributed by atoms with Crippen molar-refractivity contribution in [2.24, 2.45) is 0 Å². The number of carbonyl (C=O) groups is 1. The van der Waals surface area contributed by atoms with Gasteiger partial charge in [0.1, 0.15) is 5.82 Å². The van der Waals surface area contributed by atoms with E-state index in [1.54, 1.807) is 47.6 Å². The van der Waals surface area contributed by atoms with Crippen LogP contribution in [0.15, 0.2) is 70.5 Å². The zero-order valence-corrected chi connectivity index (χ0v) is 18.1. The Bertz CT molecular complexity index is 1480. The third-order valence-electron chi connectivity index (χ3n) is 5.88. The van der Waals surface area contributed by atoms with Crippen LogP contribution in [0.3, 0.4) is 0 Å². The Morgan fingerprint density at radius 1 is 0.971 bits per heavy atom. The lowest BCUT2D eigenvalue weighted by Crippen LogP contribution is -2.49. The van der Waals surface area contributed by atoms with E-state index in [0.29, 0.717) is 43.3 Å². The van der Waals surface area contributed by atoms with Crippen molar-refractivity contribution in [2.75, 3.05) is 31.1 Å². The number of benzene rings is 2. The minimum atomic E-state index is -0.640. The van der Waals surface area contributed by atoms with Crippen LogP contribution in [0.1, 0.15) is 15.9 Å². The van der Waals surface area contributed by atoms with Crippen LogP contribution < -0.4 is 16.1 Å². The highest BCUT2D eigenvalue weighted by atomic mass is 19.1. The molecule has 34 heavy (non-hydrogen) atoms. The number of piperazine rings is 1. The Morgan fingerprint density at radius 3 is 2.50 bits per heavy atom. The molecule has 1 aliphatic heterocycles. The molecule has 1 saturated heterocycles. The zero-order chi connectivity index (χ0) is 23.7. The summed E-state index contributed by atoms with van der Waals surface area (Å²) < 4.78 is 15.1. The van der Waals surface area contributed by atoms with E-state index >= 15 is 0 Å². The minimum Gasteiger partial charge on any atom is -0.337 e. The number of nitrogens with one attached hydrogen (secondary N) is 1. The van der Waals surface area contributed by atoms with Gasteiger partial charge in [-0.3, -0.25) is 19.1 Å². The lowest BCUT2D eigenvalue weighted by atomic mass is 10.1. The van der Waals surface area contributed by atoms with Crippen molar-refractivity contribution in [2.45, 2.75) is 6.54 Å². The van der Waals surface area contributed by atoms with E-state index < -0.39 is 17.1 Å². The molecule has 9 nitrogen and oxygen atoms in total. The molecule has 10 heteroatoms. The van der Waals surface area contributed by atoms with Gasteiger partial charge in [-0.25, -0.2) is 19.2 Å². The standard InChI is InChI=1S/C24H21FN6O3/c25-18-5-6-19-20(14-18)31(24(34)28-21(19)32)15-16-3-1-4-17(13-16)22(33)29-9-11-30(12-10-29)23-26-7-2-8-27-23/h1-8,13-14H,9-12,15H2,(H,28,32,34). The van der Waals surface area contributed by atoms with Crippen molar-refractivity contribution in [1.29, 1.82) is 0 Å². The Labute approximate surface area is 193 Å². The number of carbonyl (C=O) groups excluding carboxylic acids is 1. The van der Waals surface area contributed by atoms with Crippen LogP contribution in [0.5, 0.6) is 0 Å². The number of hydrogen-bond donors (Lipinski definition) is 1. The summed E-state index contributed by atoms with van der Waals surface area (Å²) in [6.45, 7) is 2.39. The molecule has 0 radical (unpaired) electrons. The van der Waals surface area contributed by atoms with Gasteiger partial charge in [0.15, 0.2) is 0 Å². The molecule has 0 unspecified atom stereocenters. The van der Waals surface area contributed by atoms with Crippen LogP contribution in [-0.4, -0.2) is 56.5 Å². The molecule has 0 atom stereocenters. The number of amides is 1. The number of halogens is 1. The molecular weight excluding hydrogens is 439 g/mol. The van der Waals surface area contributed by atoms with Crippen LogP contribution >= 0.6 is 0 Å². The predicted octanol–water partition coefficient (Wildman–Crippen LogP) is 1.63. The average Bonchev–Trinajstić information content (AvgIpc) is 2.87. The first-order valence-corrected chi connectivity index (χ1v) is 10.8. The van der Waals surface area contributed by atoms with Crippen LogP contribution in [-0.2, 0) is 6.54 Å². The molecule has 0 spiro atoms. The molecular formula is C24H21FN6O3. The maximum Gasteiger partial charge on any atom is 0.329 e. The molecule has 0 bridgehead atoms. The lowest BCUT2D eigenvalue weighted by molar-refractivity contribution is 0.0746. The number of fused-ring (bicyclic) bond motifs is 1. The number of aromatic nitrogens is 4. The number of nitrogens with zero attached hydrogens (tertiary/aromatic N) is 5. The van der Waals surface area contributed by atoms with Crippen molar-refractivity contribution >= 4 is 22.8 Å². The summed E-state index contributed by atoms with van der Waals surface area (Å²) in [4.78, 5) is 52.3. The predicted molar refractivity (Wildman–Crippen MR) is 124 cm³/mol. The molecule has 1 aliphatic rings. The minimum absolute atomic E-state index is 0.0792. The Balaban J connectivity index is 1.36. The Hall–Kier alpha value is -4.34. The average molecular weight is 460 g/mol. The van der Waals surface area contributed by atoms with E-state index in [1.165, 1.54) is 16.7 Å². The van der Waals surface area contributed by atoms with Crippen molar-refractivity contribution < 1.29 is 9.18 Å². The van der Waals surface area contributed by atoms with Crippen LogP contribution in [0.2, 0.25) is 0 Å². The molecule has 1 amide bonds. The molecule has 2 aromatic carbocycles. The maximum atomic E-state index is 13.8. The molecule has 4 aromatic rings. The second-order valence-electron chi connectivity index (χ2n) is 8.04. The number of aromatic amines is 1. The summed E-state index contributed by atoms with van der Waals surface area (Å²) in [7, 11) is 0. The largest absolute Gasteiger partial charge is 0.337 e. The topological polar surface area (TPSA) is 104 Å². The summed E-state index contributed by atoms with van der Waals surface area (Å²) >= 11 is 0. The molecule has 0 aliphatic carbocycles. The highest BCUT2D eigenvalue weighted by Crippen LogP contribution is 2.16. The first-order valence-electron chi connectivity index (χ1n) is 10.8. The number of H-pyrrole nitrogens is 1. The summed E-state index contributed by atoms with van der Waals surface area (Å²) in [5, 5.41) is 0.216. The van der Waals surface area contributed by atoms with E-state index in [-0.39, 0.29) is 23.4 Å². The molecule has 5 rings (SSSR count). The van der Waals surface area contributed by atoms with Gasteiger partial charge in [0, 0.05) is 44.1 Å². The van der Waals surface area contributed by atoms with Crippen molar-refractivity contribution in [3.8, 4) is 0 Å². The van der Waals surface area contributed by atoms with Crippen LogP contribution in [0, 0.1) is 5.82 Å². The van der Waals surface area contributed by atoms with E-state index in [9.17, 15) is 18.8 Å². The van der Waals surface area contributed by atoms with Gasteiger partial charge in [0.05, 0.1) is 17.4 Å². The second kappa shape index (κ2) is 8.89. The van der Waals surface area contributed by atoms with Gasteiger partial charge in [-0.15, -0.1) is 0 Å². The van der Waals surface area contributed by atoms with Gasteiger partial charge in [0.2, 0.25) is 5.95 Å². The highest BCUT2D eigenvalue weighted by molar-refractivity contribution is 5.94.